The third kappa shape index (κ3) is 2.05. The van der Waals surface area contributed by atoms with Gasteiger partial charge in [-0.05, 0) is 31.4 Å². The highest BCUT2D eigenvalue weighted by molar-refractivity contribution is 6.29. The van der Waals surface area contributed by atoms with Crippen molar-refractivity contribution in [3.05, 3.63) is 28.5 Å². The molecule has 1 amide bonds. The van der Waals surface area contributed by atoms with Crippen molar-refractivity contribution in [2.45, 2.75) is 32.7 Å². The van der Waals surface area contributed by atoms with Crippen molar-refractivity contribution in [1.82, 2.24) is 9.88 Å². The van der Waals surface area contributed by atoms with Crippen LogP contribution in [-0.4, -0.2) is 22.3 Å². The molecule has 0 saturated carbocycles. The maximum Gasteiger partial charge on any atom is 0.219 e. The lowest BCUT2D eigenvalue weighted by atomic mass is 10.0. The van der Waals surface area contributed by atoms with E-state index < -0.39 is 0 Å². The van der Waals surface area contributed by atoms with Crippen molar-refractivity contribution in [1.29, 1.82) is 0 Å². The number of carbonyl (C=O) groups excluding carboxylic acids is 1. The van der Waals surface area contributed by atoms with Crippen molar-refractivity contribution < 1.29 is 4.79 Å². The van der Waals surface area contributed by atoms with Crippen LogP contribution in [-0.2, 0) is 4.79 Å². The molecular formula is C12H15ClN2O. The summed E-state index contributed by atoms with van der Waals surface area (Å²) in [6.07, 6.45) is 2.08. The van der Waals surface area contributed by atoms with Gasteiger partial charge >= 0.3 is 0 Å². The highest BCUT2D eigenvalue weighted by atomic mass is 35.5. The van der Waals surface area contributed by atoms with E-state index in [4.69, 9.17) is 11.6 Å². The normalized spacial score (nSPS) is 20.2. The largest absolute Gasteiger partial charge is 0.336 e. The smallest absolute Gasteiger partial charge is 0.219 e. The van der Waals surface area contributed by atoms with E-state index in [1.165, 1.54) is 0 Å². The number of carbonyl (C=O) groups is 1. The van der Waals surface area contributed by atoms with Gasteiger partial charge in [-0.25, -0.2) is 4.98 Å². The number of aryl methyl sites for hydroxylation is 1. The molecule has 1 aromatic heterocycles. The summed E-state index contributed by atoms with van der Waals surface area (Å²) in [6.45, 7) is 4.41. The van der Waals surface area contributed by atoms with E-state index in [9.17, 15) is 4.79 Å². The molecule has 0 aliphatic carbocycles. The van der Waals surface area contributed by atoms with Crippen LogP contribution in [0.4, 0.5) is 0 Å². The molecule has 3 nitrogen and oxygen atoms in total. The average molecular weight is 239 g/mol. The van der Waals surface area contributed by atoms with Crippen molar-refractivity contribution in [2.75, 3.05) is 6.54 Å². The van der Waals surface area contributed by atoms with Crippen molar-refractivity contribution in [2.24, 2.45) is 0 Å². The molecule has 1 aliphatic rings. The quantitative estimate of drug-likeness (QED) is 0.705. The number of hydrogen-bond donors (Lipinski definition) is 0. The number of halogens is 1. The van der Waals surface area contributed by atoms with E-state index >= 15 is 0 Å². The van der Waals surface area contributed by atoms with Gasteiger partial charge in [-0.2, -0.15) is 0 Å². The van der Waals surface area contributed by atoms with Crippen LogP contribution < -0.4 is 0 Å². The topological polar surface area (TPSA) is 33.2 Å². The number of rotatable bonds is 1. The van der Waals surface area contributed by atoms with E-state index in [1.54, 1.807) is 13.0 Å². The van der Waals surface area contributed by atoms with Crippen molar-refractivity contribution >= 4 is 17.5 Å². The first-order chi connectivity index (χ1) is 7.59. The molecule has 0 unspecified atom stereocenters. The lowest BCUT2D eigenvalue weighted by molar-refractivity contribution is -0.129. The Bertz CT molecular complexity index is 419. The Labute approximate surface area is 100 Å². The number of nitrogens with zero attached hydrogens (tertiary/aromatic N) is 2. The number of amides is 1. The zero-order chi connectivity index (χ0) is 11.7. The molecule has 2 heterocycles. The summed E-state index contributed by atoms with van der Waals surface area (Å²) in [6, 6.07) is 3.96. The number of aromatic nitrogens is 1. The molecule has 86 valence electrons. The van der Waals surface area contributed by atoms with Gasteiger partial charge in [0.15, 0.2) is 0 Å². The molecule has 2 rings (SSSR count). The minimum atomic E-state index is 0.136. The van der Waals surface area contributed by atoms with E-state index in [2.05, 4.69) is 4.98 Å². The Balaban J connectivity index is 2.32. The van der Waals surface area contributed by atoms with E-state index in [-0.39, 0.29) is 11.9 Å². The van der Waals surface area contributed by atoms with Gasteiger partial charge in [0.2, 0.25) is 5.91 Å². The van der Waals surface area contributed by atoms with Gasteiger partial charge in [0, 0.05) is 19.2 Å². The van der Waals surface area contributed by atoms with Crippen LogP contribution in [0.3, 0.4) is 0 Å². The van der Waals surface area contributed by atoms with Crippen LogP contribution in [0.2, 0.25) is 5.15 Å². The zero-order valence-electron chi connectivity index (χ0n) is 9.53. The fraction of sp³-hybridized carbons (Fsp3) is 0.500. The van der Waals surface area contributed by atoms with Crippen molar-refractivity contribution in [3.8, 4) is 0 Å². The molecule has 0 radical (unpaired) electrons. The number of likely N-dealkylation sites (tertiary alicyclic amines) is 1. The van der Waals surface area contributed by atoms with Gasteiger partial charge in [0.05, 0.1) is 6.04 Å². The summed E-state index contributed by atoms with van der Waals surface area (Å²) in [5, 5.41) is 0.508. The van der Waals surface area contributed by atoms with Gasteiger partial charge in [0.25, 0.3) is 0 Å². The predicted molar refractivity (Wildman–Crippen MR) is 63.3 cm³/mol. The third-order valence-electron chi connectivity index (χ3n) is 3.11. The van der Waals surface area contributed by atoms with Crippen LogP contribution in [0, 0.1) is 6.92 Å². The minimum Gasteiger partial charge on any atom is -0.336 e. The Morgan fingerprint density at radius 3 is 2.94 bits per heavy atom. The molecule has 1 saturated heterocycles. The summed E-state index contributed by atoms with van der Waals surface area (Å²) in [7, 11) is 0. The Kier molecular flexibility index (Phi) is 3.15. The van der Waals surface area contributed by atoms with E-state index in [1.807, 2.05) is 17.9 Å². The fourth-order valence-electron chi connectivity index (χ4n) is 2.36. The SMILES string of the molecule is CC(=O)N1CCC[C@H]1c1ccc(Cl)nc1C. The molecule has 1 aromatic rings. The van der Waals surface area contributed by atoms with Gasteiger partial charge in [-0.3, -0.25) is 4.79 Å². The number of pyridine rings is 1. The molecular weight excluding hydrogens is 224 g/mol. The lowest BCUT2D eigenvalue weighted by Gasteiger charge is -2.24. The van der Waals surface area contributed by atoms with Crippen LogP contribution >= 0.6 is 11.6 Å². The number of hydrogen-bond acceptors (Lipinski definition) is 2. The highest BCUT2D eigenvalue weighted by Gasteiger charge is 2.29. The van der Waals surface area contributed by atoms with Gasteiger partial charge in [-0.15, -0.1) is 0 Å². The molecule has 1 fully saturated rings. The maximum absolute atomic E-state index is 11.5. The van der Waals surface area contributed by atoms with Crippen LogP contribution in [0.5, 0.6) is 0 Å². The first-order valence-corrected chi connectivity index (χ1v) is 5.87. The third-order valence-corrected chi connectivity index (χ3v) is 3.32. The van der Waals surface area contributed by atoms with Crippen LogP contribution in [0.15, 0.2) is 12.1 Å². The van der Waals surface area contributed by atoms with Crippen molar-refractivity contribution in [3.63, 3.8) is 0 Å². The molecule has 1 aliphatic heterocycles. The summed E-state index contributed by atoms with van der Waals surface area (Å²) < 4.78 is 0. The molecule has 0 spiro atoms. The highest BCUT2D eigenvalue weighted by Crippen LogP contribution is 2.33. The Morgan fingerprint density at radius 2 is 2.31 bits per heavy atom. The summed E-state index contributed by atoms with van der Waals surface area (Å²) >= 11 is 5.83. The van der Waals surface area contributed by atoms with Gasteiger partial charge in [0.1, 0.15) is 5.15 Å². The first kappa shape index (κ1) is 11.4. The fourth-order valence-corrected chi connectivity index (χ4v) is 2.55. The maximum atomic E-state index is 11.5. The second-order valence-corrected chi connectivity index (χ2v) is 4.57. The first-order valence-electron chi connectivity index (χ1n) is 5.50. The lowest BCUT2D eigenvalue weighted by Crippen LogP contribution is -2.28. The van der Waals surface area contributed by atoms with E-state index in [0.717, 1.165) is 30.6 Å². The molecule has 0 bridgehead atoms. The van der Waals surface area contributed by atoms with Crippen LogP contribution in [0.1, 0.15) is 37.1 Å². The molecule has 0 aromatic carbocycles. The molecule has 0 N–H and O–H groups in total. The van der Waals surface area contributed by atoms with E-state index in [0.29, 0.717) is 5.15 Å². The average Bonchev–Trinajstić information content (AvgIpc) is 2.66. The standard InChI is InChI=1S/C12H15ClN2O/c1-8-10(5-6-12(13)14-8)11-4-3-7-15(11)9(2)16/h5-6,11H,3-4,7H2,1-2H3/t11-/m0/s1. The molecule has 1 atom stereocenters. The zero-order valence-corrected chi connectivity index (χ0v) is 10.3. The Hall–Kier alpha value is -1.09. The van der Waals surface area contributed by atoms with Gasteiger partial charge < -0.3 is 4.90 Å². The second-order valence-electron chi connectivity index (χ2n) is 4.18. The summed E-state index contributed by atoms with van der Waals surface area (Å²) in [5.41, 5.74) is 2.04. The predicted octanol–water partition coefficient (Wildman–Crippen LogP) is 2.73. The van der Waals surface area contributed by atoms with Gasteiger partial charge in [-0.1, -0.05) is 17.7 Å². The Morgan fingerprint density at radius 1 is 1.56 bits per heavy atom. The molecule has 4 heteroatoms. The summed E-state index contributed by atoms with van der Waals surface area (Å²) in [5.74, 6) is 0.136. The minimum absolute atomic E-state index is 0.136. The summed E-state index contributed by atoms with van der Waals surface area (Å²) in [4.78, 5) is 17.6. The van der Waals surface area contributed by atoms with Crippen LogP contribution in [0.25, 0.3) is 0 Å². The monoisotopic (exact) mass is 238 g/mol. The second kappa shape index (κ2) is 4.42. The molecule has 16 heavy (non-hydrogen) atoms.